The SMILES string of the molecule is Cn1cnnc1SCc1ccc(C(=O)NN=Cc2c(F)cccc2F)cc1. The van der Waals surface area contributed by atoms with Crippen molar-refractivity contribution in [3.05, 3.63) is 77.1 Å². The molecule has 1 heterocycles. The second-order valence-corrected chi connectivity index (χ2v) is 6.49. The van der Waals surface area contributed by atoms with Gasteiger partial charge in [0.05, 0.1) is 11.8 Å². The standard InChI is InChI=1S/C18H15F2N5OS/c1-25-11-22-24-18(25)27-10-12-5-7-13(8-6-12)17(26)23-21-9-14-15(19)3-2-4-16(14)20/h2-9,11H,10H2,1H3,(H,23,26). The fourth-order valence-electron chi connectivity index (χ4n) is 2.16. The van der Waals surface area contributed by atoms with Gasteiger partial charge in [0.15, 0.2) is 5.16 Å². The second kappa shape index (κ2) is 8.54. The first kappa shape index (κ1) is 18.7. The van der Waals surface area contributed by atoms with Gasteiger partial charge in [-0.1, -0.05) is 30.0 Å². The van der Waals surface area contributed by atoms with Crippen molar-refractivity contribution in [1.29, 1.82) is 0 Å². The van der Waals surface area contributed by atoms with Crippen molar-refractivity contribution in [2.45, 2.75) is 10.9 Å². The normalized spacial score (nSPS) is 11.1. The quantitative estimate of drug-likeness (QED) is 0.401. The van der Waals surface area contributed by atoms with Gasteiger partial charge in [0.2, 0.25) is 0 Å². The molecule has 0 spiro atoms. The van der Waals surface area contributed by atoms with Crippen molar-refractivity contribution < 1.29 is 13.6 Å². The summed E-state index contributed by atoms with van der Waals surface area (Å²) in [5, 5.41) is 12.2. The molecule has 27 heavy (non-hydrogen) atoms. The molecule has 1 N–H and O–H groups in total. The highest BCUT2D eigenvalue weighted by molar-refractivity contribution is 7.98. The first-order valence-corrected chi connectivity index (χ1v) is 8.86. The van der Waals surface area contributed by atoms with E-state index in [-0.39, 0.29) is 5.56 Å². The highest BCUT2D eigenvalue weighted by Crippen LogP contribution is 2.20. The van der Waals surface area contributed by atoms with E-state index in [2.05, 4.69) is 20.7 Å². The second-order valence-electron chi connectivity index (χ2n) is 5.54. The van der Waals surface area contributed by atoms with Crippen LogP contribution in [0.25, 0.3) is 0 Å². The summed E-state index contributed by atoms with van der Waals surface area (Å²) < 4.78 is 28.8. The van der Waals surface area contributed by atoms with Crippen LogP contribution in [0.3, 0.4) is 0 Å². The highest BCUT2D eigenvalue weighted by Gasteiger charge is 2.08. The van der Waals surface area contributed by atoms with Gasteiger partial charge in [-0.15, -0.1) is 10.2 Å². The molecule has 9 heteroatoms. The predicted molar refractivity (Wildman–Crippen MR) is 98.4 cm³/mol. The van der Waals surface area contributed by atoms with E-state index in [1.807, 2.05) is 23.7 Å². The zero-order chi connectivity index (χ0) is 19.2. The molecule has 0 radical (unpaired) electrons. The van der Waals surface area contributed by atoms with E-state index in [1.165, 1.54) is 17.8 Å². The monoisotopic (exact) mass is 387 g/mol. The maximum Gasteiger partial charge on any atom is 0.271 e. The van der Waals surface area contributed by atoms with Crippen molar-refractivity contribution in [3.8, 4) is 0 Å². The third-order valence-corrected chi connectivity index (χ3v) is 4.72. The number of hydrogen-bond acceptors (Lipinski definition) is 5. The molecule has 3 aromatic rings. The van der Waals surface area contributed by atoms with Crippen molar-refractivity contribution in [1.82, 2.24) is 20.2 Å². The van der Waals surface area contributed by atoms with Crippen LogP contribution in [0.1, 0.15) is 21.5 Å². The van der Waals surface area contributed by atoms with Crippen LogP contribution in [-0.4, -0.2) is 26.9 Å². The zero-order valence-electron chi connectivity index (χ0n) is 14.3. The average molecular weight is 387 g/mol. The van der Waals surface area contributed by atoms with Crippen LogP contribution in [0.4, 0.5) is 8.78 Å². The smallest absolute Gasteiger partial charge is 0.271 e. The molecule has 0 bridgehead atoms. The van der Waals surface area contributed by atoms with Crippen molar-refractivity contribution in [3.63, 3.8) is 0 Å². The summed E-state index contributed by atoms with van der Waals surface area (Å²) in [5.74, 6) is -1.30. The third-order valence-electron chi connectivity index (χ3n) is 3.61. The molecule has 1 aromatic heterocycles. The van der Waals surface area contributed by atoms with E-state index >= 15 is 0 Å². The fourth-order valence-corrected chi connectivity index (χ4v) is 3.00. The number of benzene rings is 2. The summed E-state index contributed by atoms with van der Waals surface area (Å²) in [7, 11) is 1.86. The Balaban J connectivity index is 1.57. The summed E-state index contributed by atoms with van der Waals surface area (Å²) in [5.41, 5.74) is 3.34. The van der Waals surface area contributed by atoms with E-state index in [0.29, 0.717) is 11.3 Å². The van der Waals surface area contributed by atoms with E-state index < -0.39 is 17.5 Å². The van der Waals surface area contributed by atoms with Crippen LogP contribution in [0, 0.1) is 11.6 Å². The van der Waals surface area contributed by atoms with Crippen LogP contribution in [0.15, 0.2) is 59.0 Å². The molecule has 3 rings (SSSR count). The molecule has 0 aliphatic carbocycles. The fraction of sp³-hybridized carbons (Fsp3) is 0.111. The van der Waals surface area contributed by atoms with Gasteiger partial charge in [-0.2, -0.15) is 5.10 Å². The Kier molecular flexibility index (Phi) is 5.92. The van der Waals surface area contributed by atoms with Crippen molar-refractivity contribution in [2.24, 2.45) is 12.1 Å². The van der Waals surface area contributed by atoms with E-state index in [4.69, 9.17) is 0 Å². The summed E-state index contributed by atoms with van der Waals surface area (Å²) in [6.45, 7) is 0. The Bertz CT molecular complexity index is 952. The maximum atomic E-state index is 13.5. The Labute approximate surface area is 158 Å². The van der Waals surface area contributed by atoms with Gasteiger partial charge < -0.3 is 4.57 Å². The van der Waals surface area contributed by atoms with Crippen molar-refractivity contribution >= 4 is 23.9 Å². The molecule has 1 amide bonds. The molecule has 0 aliphatic heterocycles. The number of thioether (sulfide) groups is 1. The Morgan fingerprint density at radius 3 is 2.56 bits per heavy atom. The molecule has 0 unspecified atom stereocenters. The minimum atomic E-state index is -0.752. The number of nitrogens with one attached hydrogen (secondary N) is 1. The predicted octanol–water partition coefficient (Wildman–Crippen LogP) is 3.15. The molecular formula is C18H15F2N5OS. The van der Waals surface area contributed by atoms with Gasteiger partial charge in [0.25, 0.3) is 5.91 Å². The van der Waals surface area contributed by atoms with Crippen molar-refractivity contribution in [2.75, 3.05) is 0 Å². The zero-order valence-corrected chi connectivity index (χ0v) is 15.1. The number of hydrazone groups is 1. The largest absolute Gasteiger partial charge is 0.312 e. The number of rotatable bonds is 6. The number of hydrogen-bond donors (Lipinski definition) is 1. The van der Waals surface area contributed by atoms with Gasteiger partial charge in [0.1, 0.15) is 18.0 Å². The highest BCUT2D eigenvalue weighted by atomic mass is 32.2. The number of aryl methyl sites for hydroxylation is 1. The lowest BCUT2D eigenvalue weighted by Gasteiger charge is -2.04. The molecule has 0 saturated carbocycles. The van der Waals surface area contributed by atoms with E-state index in [9.17, 15) is 13.6 Å². The minimum Gasteiger partial charge on any atom is -0.312 e. The number of halogens is 2. The lowest BCUT2D eigenvalue weighted by atomic mass is 10.1. The molecule has 0 saturated heterocycles. The first-order valence-electron chi connectivity index (χ1n) is 7.88. The summed E-state index contributed by atoms with van der Waals surface area (Å²) in [4.78, 5) is 12.1. The van der Waals surface area contributed by atoms with E-state index in [0.717, 1.165) is 29.1 Å². The molecule has 0 aliphatic rings. The van der Waals surface area contributed by atoms with Crippen LogP contribution >= 0.6 is 11.8 Å². The summed E-state index contributed by atoms with van der Waals surface area (Å²) >= 11 is 1.53. The Morgan fingerprint density at radius 1 is 1.22 bits per heavy atom. The number of carbonyl (C=O) groups is 1. The molecule has 138 valence electrons. The number of nitrogens with zero attached hydrogens (tertiary/aromatic N) is 4. The lowest BCUT2D eigenvalue weighted by Crippen LogP contribution is -2.17. The number of amides is 1. The number of carbonyl (C=O) groups excluding carboxylic acids is 1. The molecule has 6 nitrogen and oxygen atoms in total. The van der Waals surface area contributed by atoms with Gasteiger partial charge in [-0.3, -0.25) is 4.79 Å². The van der Waals surface area contributed by atoms with E-state index in [1.54, 1.807) is 18.5 Å². The van der Waals surface area contributed by atoms with Gasteiger partial charge in [-0.25, -0.2) is 14.2 Å². The Morgan fingerprint density at radius 2 is 1.93 bits per heavy atom. The first-order chi connectivity index (χ1) is 13.0. The minimum absolute atomic E-state index is 0.311. The van der Waals surface area contributed by atoms with Gasteiger partial charge in [-0.05, 0) is 29.8 Å². The van der Waals surface area contributed by atoms with Crippen LogP contribution in [0.5, 0.6) is 0 Å². The molecular weight excluding hydrogens is 372 g/mol. The Hall–Kier alpha value is -3.07. The summed E-state index contributed by atoms with van der Waals surface area (Å²) in [6.07, 6.45) is 2.57. The molecule has 2 aromatic carbocycles. The average Bonchev–Trinajstić information content (AvgIpc) is 3.07. The van der Waals surface area contributed by atoms with Crippen LogP contribution in [-0.2, 0) is 12.8 Å². The summed E-state index contributed by atoms with van der Waals surface area (Å²) in [6, 6.07) is 10.4. The third kappa shape index (κ3) is 4.76. The number of aromatic nitrogens is 3. The maximum absolute atomic E-state index is 13.5. The van der Waals surface area contributed by atoms with Gasteiger partial charge >= 0.3 is 0 Å². The molecule has 0 atom stereocenters. The van der Waals surface area contributed by atoms with Gasteiger partial charge in [0, 0.05) is 18.4 Å². The lowest BCUT2D eigenvalue weighted by molar-refractivity contribution is 0.0955. The van der Waals surface area contributed by atoms with Crippen LogP contribution < -0.4 is 5.43 Å². The van der Waals surface area contributed by atoms with Crippen LogP contribution in [0.2, 0.25) is 0 Å². The topological polar surface area (TPSA) is 72.2 Å². The molecule has 0 fully saturated rings.